The van der Waals surface area contributed by atoms with E-state index in [4.69, 9.17) is 10.5 Å². The first-order valence-corrected chi connectivity index (χ1v) is 8.09. The second-order valence-corrected chi connectivity index (χ2v) is 6.50. The SMILES string of the molecule is CCC1CCC(Oc2c(C)cc(Br)cc2CN)CC1. The van der Waals surface area contributed by atoms with Crippen LogP contribution in [0.25, 0.3) is 0 Å². The lowest BCUT2D eigenvalue weighted by molar-refractivity contribution is 0.128. The summed E-state index contributed by atoms with van der Waals surface area (Å²) in [6.07, 6.45) is 6.63. The number of halogens is 1. The maximum atomic E-state index is 6.26. The Labute approximate surface area is 124 Å². The highest BCUT2D eigenvalue weighted by atomic mass is 79.9. The Kier molecular flexibility index (Phi) is 5.28. The van der Waals surface area contributed by atoms with Crippen LogP contribution >= 0.6 is 15.9 Å². The second kappa shape index (κ2) is 6.76. The molecule has 0 amide bonds. The minimum Gasteiger partial charge on any atom is -0.490 e. The number of hydrogen-bond acceptors (Lipinski definition) is 2. The molecule has 0 bridgehead atoms. The molecule has 0 spiro atoms. The molecule has 0 atom stereocenters. The Hall–Kier alpha value is -0.540. The molecule has 1 aliphatic carbocycles. The van der Waals surface area contributed by atoms with Crippen molar-refractivity contribution < 1.29 is 4.74 Å². The molecule has 3 heteroatoms. The molecular weight excluding hydrogens is 302 g/mol. The monoisotopic (exact) mass is 325 g/mol. The van der Waals surface area contributed by atoms with Crippen LogP contribution in [-0.2, 0) is 6.54 Å². The van der Waals surface area contributed by atoms with Crippen molar-refractivity contribution >= 4 is 15.9 Å². The van der Waals surface area contributed by atoms with Gasteiger partial charge in [0.05, 0.1) is 6.10 Å². The van der Waals surface area contributed by atoms with Gasteiger partial charge in [0.15, 0.2) is 0 Å². The number of benzene rings is 1. The van der Waals surface area contributed by atoms with Gasteiger partial charge in [-0.3, -0.25) is 0 Å². The van der Waals surface area contributed by atoms with Gasteiger partial charge in [0.2, 0.25) is 0 Å². The molecule has 19 heavy (non-hydrogen) atoms. The van der Waals surface area contributed by atoms with Gasteiger partial charge in [-0.05, 0) is 56.2 Å². The van der Waals surface area contributed by atoms with Crippen LogP contribution < -0.4 is 10.5 Å². The Bertz CT molecular complexity index is 425. The van der Waals surface area contributed by atoms with Crippen molar-refractivity contribution in [2.45, 2.75) is 58.6 Å². The highest BCUT2D eigenvalue weighted by Gasteiger charge is 2.22. The fraction of sp³-hybridized carbons (Fsp3) is 0.625. The van der Waals surface area contributed by atoms with E-state index >= 15 is 0 Å². The topological polar surface area (TPSA) is 35.2 Å². The van der Waals surface area contributed by atoms with Gasteiger partial charge in [-0.15, -0.1) is 0 Å². The lowest BCUT2D eigenvalue weighted by Crippen LogP contribution is -2.24. The zero-order valence-electron chi connectivity index (χ0n) is 11.9. The summed E-state index contributed by atoms with van der Waals surface area (Å²) in [6.45, 7) is 4.91. The molecule has 1 aromatic rings. The van der Waals surface area contributed by atoms with E-state index in [-0.39, 0.29) is 0 Å². The average molecular weight is 326 g/mol. The summed E-state index contributed by atoms with van der Waals surface area (Å²) in [5, 5.41) is 0. The van der Waals surface area contributed by atoms with Gasteiger partial charge in [0.25, 0.3) is 0 Å². The number of nitrogens with two attached hydrogens (primary N) is 1. The van der Waals surface area contributed by atoms with Crippen molar-refractivity contribution in [2.75, 3.05) is 0 Å². The Morgan fingerprint density at radius 1 is 1.26 bits per heavy atom. The molecule has 1 fully saturated rings. The minimum atomic E-state index is 0.368. The zero-order chi connectivity index (χ0) is 13.8. The molecular formula is C16H24BrNO. The summed E-state index contributed by atoms with van der Waals surface area (Å²) in [7, 11) is 0. The summed E-state index contributed by atoms with van der Waals surface area (Å²) in [4.78, 5) is 0. The van der Waals surface area contributed by atoms with Gasteiger partial charge in [-0.2, -0.15) is 0 Å². The zero-order valence-corrected chi connectivity index (χ0v) is 13.5. The third-order valence-electron chi connectivity index (χ3n) is 4.19. The van der Waals surface area contributed by atoms with Crippen LogP contribution in [0.2, 0.25) is 0 Å². The summed E-state index contributed by atoms with van der Waals surface area (Å²) in [6, 6.07) is 4.17. The first kappa shape index (κ1) is 14.9. The third kappa shape index (κ3) is 3.73. The molecule has 0 heterocycles. The fourth-order valence-corrected chi connectivity index (χ4v) is 3.56. The Balaban J connectivity index is 2.07. The molecule has 1 aromatic carbocycles. The predicted octanol–water partition coefficient (Wildman–Crippen LogP) is 4.56. The normalized spacial score (nSPS) is 23.4. The van der Waals surface area contributed by atoms with Crippen LogP contribution in [0.15, 0.2) is 16.6 Å². The maximum Gasteiger partial charge on any atom is 0.127 e. The van der Waals surface area contributed by atoms with E-state index in [0.29, 0.717) is 12.6 Å². The van der Waals surface area contributed by atoms with Crippen molar-refractivity contribution in [1.29, 1.82) is 0 Å². The third-order valence-corrected chi connectivity index (χ3v) is 4.65. The van der Waals surface area contributed by atoms with Crippen LogP contribution in [0.4, 0.5) is 0 Å². The fourth-order valence-electron chi connectivity index (χ4n) is 2.94. The highest BCUT2D eigenvalue weighted by Crippen LogP contribution is 2.33. The molecule has 0 radical (unpaired) electrons. The molecule has 1 aliphatic rings. The van der Waals surface area contributed by atoms with Gasteiger partial charge in [-0.1, -0.05) is 29.3 Å². The van der Waals surface area contributed by atoms with Crippen LogP contribution in [0.5, 0.6) is 5.75 Å². The molecule has 2 rings (SSSR count). The standard InChI is InChI=1S/C16H24BrNO/c1-3-12-4-6-15(7-5-12)19-16-11(2)8-14(17)9-13(16)10-18/h8-9,12,15H,3-7,10,18H2,1-2H3. The Morgan fingerprint density at radius 3 is 2.53 bits per heavy atom. The molecule has 0 saturated heterocycles. The quantitative estimate of drug-likeness (QED) is 0.880. The molecule has 2 N–H and O–H groups in total. The molecule has 106 valence electrons. The van der Waals surface area contributed by atoms with Gasteiger partial charge in [-0.25, -0.2) is 0 Å². The molecule has 0 unspecified atom stereocenters. The van der Waals surface area contributed by atoms with Gasteiger partial charge < -0.3 is 10.5 Å². The van der Waals surface area contributed by atoms with Crippen molar-refractivity contribution in [3.63, 3.8) is 0 Å². The van der Waals surface area contributed by atoms with E-state index < -0.39 is 0 Å². The van der Waals surface area contributed by atoms with Gasteiger partial charge in [0.1, 0.15) is 5.75 Å². The van der Waals surface area contributed by atoms with E-state index in [1.165, 1.54) is 37.7 Å². The van der Waals surface area contributed by atoms with Crippen molar-refractivity contribution in [1.82, 2.24) is 0 Å². The number of ether oxygens (including phenoxy) is 1. The Morgan fingerprint density at radius 2 is 1.95 bits per heavy atom. The molecule has 0 aromatic heterocycles. The predicted molar refractivity (Wildman–Crippen MR) is 83.4 cm³/mol. The minimum absolute atomic E-state index is 0.368. The van der Waals surface area contributed by atoms with Crippen LogP contribution in [0.1, 0.15) is 50.2 Å². The lowest BCUT2D eigenvalue weighted by atomic mass is 9.86. The average Bonchev–Trinajstić information content (AvgIpc) is 2.42. The molecule has 1 saturated carbocycles. The van der Waals surface area contributed by atoms with E-state index in [1.807, 2.05) is 0 Å². The smallest absolute Gasteiger partial charge is 0.127 e. The summed E-state index contributed by atoms with van der Waals surface area (Å²) in [5.41, 5.74) is 8.11. The van der Waals surface area contributed by atoms with E-state index in [0.717, 1.165) is 21.7 Å². The molecule has 0 aliphatic heterocycles. The largest absolute Gasteiger partial charge is 0.490 e. The number of rotatable bonds is 4. The van der Waals surface area contributed by atoms with Crippen LogP contribution in [0.3, 0.4) is 0 Å². The maximum absolute atomic E-state index is 6.26. The summed E-state index contributed by atoms with van der Waals surface area (Å²) >= 11 is 3.52. The van der Waals surface area contributed by atoms with Crippen molar-refractivity contribution in [2.24, 2.45) is 11.7 Å². The van der Waals surface area contributed by atoms with E-state index in [2.05, 4.69) is 41.9 Å². The van der Waals surface area contributed by atoms with Gasteiger partial charge >= 0.3 is 0 Å². The van der Waals surface area contributed by atoms with E-state index in [9.17, 15) is 0 Å². The van der Waals surface area contributed by atoms with Crippen molar-refractivity contribution in [3.05, 3.63) is 27.7 Å². The first-order chi connectivity index (χ1) is 9.13. The number of hydrogen-bond donors (Lipinski definition) is 1. The van der Waals surface area contributed by atoms with E-state index in [1.54, 1.807) is 0 Å². The van der Waals surface area contributed by atoms with Gasteiger partial charge in [0, 0.05) is 16.6 Å². The number of aryl methyl sites for hydroxylation is 1. The van der Waals surface area contributed by atoms with Crippen molar-refractivity contribution in [3.8, 4) is 5.75 Å². The first-order valence-electron chi connectivity index (χ1n) is 7.29. The summed E-state index contributed by atoms with van der Waals surface area (Å²) in [5.74, 6) is 1.91. The highest BCUT2D eigenvalue weighted by molar-refractivity contribution is 9.10. The second-order valence-electron chi connectivity index (χ2n) is 5.58. The lowest BCUT2D eigenvalue weighted by Gasteiger charge is -2.29. The van der Waals surface area contributed by atoms with Crippen LogP contribution in [-0.4, -0.2) is 6.10 Å². The molecule has 2 nitrogen and oxygen atoms in total. The van der Waals surface area contributed by atoms with Crippen LogP contribution in [0, 0.1) is 12.8 Å². The summed E-state index contributed by atoms with van der Waals surface area (Å²) < 4.78 is 7.33.